The molecule has 1 aliphatic carbocycles. The lowest BCUT2D eigenvalue weighted by Gasteiger charge is -2.13. The van der Waals surface area contributed by atoms with E-state index in [4.69, 9.17) is 4.74 Å². The lowest BCUT2D eigenvalue weighted by Crippen LogP contribution is -2.14. The molecule has 0 saturated heterocycles. The molecule has 0 heterocycles. The molecule has 0 unspecified atom stereocenters. The molecule has 1 N–H and O–H groups in total. The Labute approximate surface area is 145 Å². The molecule has 0 bridgehead atoms. The Bertz CT molecular complexity index is 684. The molecule has 1 fully saturated rings. The summed E-state index contributed by atoms with van der Waals surface area (Å²) in [7, 11) is 0. The van der Waals surface area contributed by atoms with E-state index in [1.807, 2.05) is 24.3 Å². The number of thioether (sulfide) groups is 1. The van der Waals surface area contributed by atoms with Crippen molar-refractivity contribution in [1.29, 1.82) is 0 Å². The summed E-state index contributed by atoms with van der Waals surface area (Å²) in [6, 6.07) is 13.9. The van der Waals surface area contributed by atoms with Gasteiger partial charge in [0.1, 0.15) is 11.6 Å². The van der Waals surface area contributed by atoms with Crippen molar-refractivity contribution in [2.75, 3.05) is 11.1 Å². The smallest absolute Gasteiger partial charge is 0.234 e. The van der Waals surface area contributed by atoms with E-state index in [9.17, 15) is 9.18 Å². The fourth-order valence-corrected chi connectivity index (χ4v) is 3.46. The van der Waals surface area contributed by atoms with Crippen molar-refractivity contribution in [3.63, 3.8) is 0 Å². The SMILES string of the molecule is O=C(CSc1ccccc1F)Nc1ccc(OC2CCCC2)cc1. The van der Waals surface area contributed by atoms with Gasteiger partial charge in [-0.3, -0.25) is 4.79 Å². The zero-order valence-corrected chi connectivity index (χ0v) is 14.2. The van der Waals surface area contributed by atoms with Crippen LogP contribution in [0.1, 0.15) is 25.7 Å². The van der Waals surface area contributed by atoms with Crippen LogP contribution in [0, 0.1) is 5.82 Å². The average Bonchev–Trinajstić information content (AvgIpc) is 3.09. The topological polar surface area (TPSA) is 38.3 Å². The van der Waals surface area contributed by atoms with Crippen LogP contribution < -0.4 is 10.1 Å². The lowest BCUT2D eigenvalue weighted by molar-refractivity contribution is -0.113. The Balaban J connectivity index is 1.48. The van der Waals surface area contributed by atoms with Crippen molar-refractivity contribution in [3.05, 3.63) is 54.3 Å². The van der Waals surface area contributed by atoms with Crippen molar-refractivity contribution >= 4 is 23.4 Å². The number of halogens is 1. The summed E-state index contributed by atoms with van der Waals surface area (Å²) in [4.78, 5) is 12.5. The fraction of sp³-hybridized carbons (Fsp3) is 0.316. The van der Waals surface area contributed by atoms with E-state index < -0.39 is 0 Å². The molecule has 1 saturated carbocycles. The molecule has 0 aliphatic heterocycles. The highest BCUT2D eigenvalue weighted by atomic mass is 32.2. The molecule has 2 aromatic carbocycles. The van der Waals surface area contributed by atoms with Crippen LogP contribution in [0.25, 0.3) is 0 Å². The zero-order chi connectivity index (χ0) is 16.8. The minimum Gasteiger partial charge on any atom is -0.490 e. The van der Waals surface area contributed by atoms with Gasteiger partial charge in [0.25, 0.3) is 0 Å². The van der Waals surface area contributed by atoms with Gasteiger partial charge in [0.15, 0.2) is 0 Å². The molecular weight excluding hydrogens is 325 g/mol. The van der Waals surface area contributed by atoms with E-state index >= 15 is 0 Å². The van der Waals surface area contributed by atoms with Crippen LogP contribution in [0.15, 0.2) is 53.4 Å². The van der Waals surface area contributed by atoms with Gasteiger partial charge in [0, 0.05) is 10.6 Å². The Kier molecular flexibility index (Phi) is 5.75. The Morgan fingerprint density at radius 2 is 1.83 bits per heavy atom. The number of rotatable bonds is 6. The summed E-state index contributed by atoms with van der Waals surface area (Å²) >= 11 is 1.19. The highest BCUT2D eigenvalue weighted by molar-refractivity contribution is 8.00. The third kappa shape index (κ3) is 4.74. The third-order valence-electron chi connectivity index (χ3n) is 3.94. The normalized spacial score (nSPS) is 14.5. The number of carbonyl (C=O) groups excluding carboxylic acids is 1. The maximum atomic E-state index is 13.5. The second kappa shape index (κ2) is 8.20. The first-order chi connectivity index (χ1) is 11.7. The van der Waals surface area contributed by atoms with Gasteiger partial charge in [0.05, 0.1) is 11.9 Å². The number of anilines is 1. The maximum Gasteiger partial charge on any atom is 0.234 e. The van der Waals surface area contributed by atoms with E-state index in [0.717, 1.165) is 18.6 Å². The number of amides is 1. The molecule has 2 aromatic rings. The van der Waals surface area contributed by atoms with E-state index in [2.05, 4.69) is 5.32 Å². The summed E-state index contributed by atoms with van der Waals surface area (Å²) in [6.07, 6.45) is 5.02. The Morgan fingerprint density at radius 1 is 1.12 bits per heavy atom. The third-order valence-corrected chi connectivity index (χ3v) is 4.99. The molecular formula is C19H20FNO2S. The monoisotopic (exact) mass is 345 g/mol. The van der Waals surface area contributed by atoms with Gasteiger partial charge >= 0.3 is 0 Å². The number of carbonyl (C=O) groups is 1. The van der Waals surface area contributed by atoms with E-state index in [1.54, 1.807) is 18.2 Å². The average molecular weight is 345 g/mol. The molecule has 5 heteroatoms. The van der Waals surface area contributed by atoms with Crippen LogP contribution >= 0.6 is 11.8 Å². The van der Waals surface area contributed by atoms with E-state index in [-0.39, 0.29) is 17.5 Å². The molecule has 1 amide bonds. The number of benzene rings is 2. The second-order valence-electron chi connectivity index (χ2n) is 5.82. The lowest BCUT2D eigenvalue weighted by atomic mass is 10.2. The number of nitrogens with one attached hydrogen (secondary N) is 1. The fourth-order valence-electron chi connectivity index (χ4n) is 2.72. The van der Waals surface area contributed by atoms with Crippen LogP contribution in [-0.2, 0) is 4.79 Å². The van der Waals surface area contributed by atoms with Crippen molar-refractivity contribution < 1.29 is 13.9 Å². The van der Waals surface area contributed by atoms with Gasteiger partial charge in [-0.05, 0) is 62.1 Å². The van der Waals surface area contributed by atoms with Crippen LogP contribution in [0.4, 0.5) is 10.1 Å². The molecule has 3 rings (SSSR count). The summed E-state index contributed by atoms with van der Waals surface area (Å²) in [5.74, 6) is 0.540. The highest BCUT2D eigenvalue weighted by Gasteiger charge is 2.16. The van der Waals surface area contributed by atoms with Crippen molar-refractivity contribution in [2.45, 2.75) is 36.7 Å². The first-order valence-electron chi connectivity index (χ1n) is 8.14. The van der Waals surface area contributed by atoms with Crippen LogP contribution in [-0.4, -0.2) is 17.8 Å². The largest absolute Gasteiger partial charge is 0.490 e. The Morgan fingerprint density at radius 3 is 2.54 bits per heavy atom. The second-order valence-corrected chi connectivity index (χ2v) is 6.83. The predicted octanol–water partition coefficient (Wildman–Crippen LogP) is 4.88. The first kappa shape index (κ1) is 16.8. The summed E-state index contributed by atoms with van der Waals surface area (Å²) in [5.41, 5.74) is 0.716. The standard InChI is InChI=1S/C19H20FNO2S/c20-17-7-3-4-8-18(17)24-13-19(22)21-14-9-11-16(12-10-14)23-15-5-1-2-6-15/h3-4,7-12,15H,1-2,5-6,13H2,(H,21,22). The molecule has 24 heavy (non-hydrogen) atoms. The summed E-state index contributed by atoms with van der Waals surface area (Å²) < 4.78 is 19.4. The van der Waals surface area contributed by atoms with Gasteiger partial charge in [-0.1, -0.05) is 12.1 Å². The molecule has 126 valence electrons. The quantitative estimate of drug-likeness (QED) is 0.759. The van der Waals surface area contributed by atoms with Gasteiger partial charge in [-0.15, -0.1) is 11.8 Å². The minimum atomic E-state index is -0.302. The summed E-state index contributed by atoms with van der Waals surface area (Å²) in [6.45, 7) is 0. The Hall–Kier alpha value is -2.01. The molecule has 1 aliphatic rings. The van der Waals surface area contributed by atoms with Crippen molar-refractivity contribution in [1.82, 2.24) is 0 Å². The van der Waals surface area contributed by atoms with Gasteiger partial charge < -0.3 is 10.1 Å². The minimum absolute atomic E-state index is 0.160. The van der Waals surface area contributed by atoms with Gasteiger partial charge in [0.2, 0.25) is 5.91 Å². The summed E-state index contributed by atoms with van der Waals surface area (Å²) in [5, 5.41) is 2.81. The van der Waals surface area contributed by atoms with Gasteiger partial charge in [-0.25, -0.2) is 4.39 Å². The van der Waals surface area contributed by atoms with E-state index in [1.165, 1.54) is 30.7 Å². The zero-order valence-electron chi connectivity index (χ0n) is 13.3. The predicted molar refractivity (Wildman–Crippen MR) is 95.1 cm³/mol. The van der Waals surface area contributed by atoms with Gasteiger partial charge in [-0.2, -0.15) is 0 Å². The van der Waals surface area contributed by atoms with Crippen molar-refractivity contribution in [2.24, 2.45) is 0 Å². The maximum absolute atomic E-state index is 13.5. The van der Waals surface area contributed by atoms with Crippen LogP contribution in [0.3, 0.4) is 0 Å². The van der Waals surface area contributed by atoms with E-state index in [0.29, 0.717) is 16.7 Å². The highest BCUT2D eigenvalue weighted by Crippen LogP contribution is 2.25. The number of ether oxygens (including phenoxy) is 1. The van der Waals surface area contributed by atoms with Crippen LogP contribution in [0.2, 0.25) is 0 Å². The molecule has 3 nitrogen and oxygen atoms in total. The molecule has 0 spiro atoms. The van der Waals surface area contributed by atoms with Crippen molar-refractivity contribution in [3.8, 4) is 5.75 Å². The molecule has 0 atom stereocenters. The van der Waals surface area contributed by atoms with Crippen LogP contribution in [0.5, 0.6) is 5.75 Å². The number of hydrogen-bond acceptors (Lipinski definition) is 3. The molecule has 0 radical (unpaired) electrons. The number of hydrogen-bond donors (Lipinski definition) is 1. The molecule has 0 aromatic heterocycles. The first-order valence-corrected chi connectivity index (χ1v) is 9.13.